The van der Waals surface area contributed by atoms with Gasteiger partial charge in [-0.15, -0.1) is 0 Å². The van der Waals surface area contributed by atoms with E-state index in [9.17, 15) is 4.79 Å². The fourth-order valence-corrected chi connectivity index (χ4v) is 2.86. The smallest absolute Gasteiger partial charge is 0.226 e. The van der Waals surface area contributed by atoms with Crippen LogP contribution in [0.4, 0.5) is 0 Å². The maximum atomic E-state index is 12.1. The number of hydrogen-bond acceptors (Lipinski definition) is 3. The molecule has 2 N–H and O–H groups in total. The van der Waals surface area contributed by atoms with Crippen molar-refractivity contribution in [2.75, 3.05) is 26.2 Å². The fraction of sp³-hybridized carbons (Fsp3) is 0.929. The first-order valence-electron chi connectivity index (χ1n) is 7.31. The Bertz CT molecular complexity index is 269. The van der Waals surface area contributed by atoms with Crippen LogP contribution in [0.15, 0.2) is 0 Å². The standard InChI is InChI=1S/C14H26N2O2/c1-14(6-8-15-9-7-14)13(17)16-10-11-18-12-4-2-3-5-12/h12,15H,2-11H2,1H3,(H,16,17). The second-order valence-corrected chi connectivity index (χ2v) is 5.84. The molecule has 0 aromatic carbocycles. The van der Waals surface area contributed by atoms with Gasteiger partial charge in [0.25, 0.3) is 0 Å². The minimum absolute atomic E-state index is 0.182. The monoisotopic (exact) mass is 254 g/mol. The number of hydrogen-bond donors (Lipinski definition) is 2. The van der Waals surface area contributed by atoms with Crippen molar-refractivity contribution in [1.82, 2.24) is 10.6 Å². The highest BCUT2D eigenvalue weighted by Gasteiger charge is 2.34. The number of amides is 1. The molecule has 2 rings (SSSR count). The molecule has 0 bridgehead atoms. The van der Waals surface area contributed by atoms with E-state index in [2.05, 4.69) is 17.6 Å². The average molecular weight is 254 g/mol. The van der Waals surface area contributed by atoms with E-state index in [-0.39, 0.29) is 11.3 Å². The van der Waals surface area contributed by atoms with Crippen molar-refractivity contribution in [1.29, 1.82) is 0 Å². The summed E-state index contributed by atoms with van der Waals surface area (Å²) in [4.78, 5) is 12.1. The number of ether oxygens (including phenoxy) is 1. The Morgan fingerprint density at radius 3 is 2.67 bits per heavy atom. The number of nitrogens with one attached hydrogen (secondary N) is 2. The van der Waals surface area contributed by atoms with Crippen molar-refractivity contribution in [2.24, 2.45) is 5.41 Å². The third kappa shape index (κ3) is 3.69. The molecule has 1 saturated heterocycles. The summed E-state index contributed by atoms with van der Waals surface area (Å²) >= 11 is 0. The van der Waals surface area contributed by atoms with Crippen molar-refractivity contribution in [3.05, 3.63) is 0 Å². The van der Waals surface area contributed by atoms with Gasteiger partial charge in [0.15, 0.2) is 0 Å². The average Bonchev–Trinajstić information content (AvgIpc) is 2.88. The first kappa shape index (κ1) is 13.8. The lowest BCUT2D eigenvalue weighted by molar-refractivity contribution is -0.131. The van der Waals surface area contributed by atoms with Crippen LogP contribution in [0.3, 0.4) is 0 Å². The molecule has 2 aliphatic rings. The zero-order valence-corrected chi connectivity index (χ0v) is 11.5. The van der Waals surface area contributed by atoms with Gasteiger partial charge in [0.2, 0.25) is 5.91 Å². The quantitative estimate of drug-likeness (QED) is 0.730. The first-order valence-corrected chi connectivity index (χ1v) is 7.31. The van der Waals surface area contributed by atoms with Crippen molar-refractivity contribution in [3.63, 3.8) is 0 Å². The molecule has 1 aliphatic heterocycles. The largest absolute Gasteiger partial charge is 0.376 e. The SMILES string of the molecule is CC1(C(=O)NCCOC2CCCC2)CCNCC1. The van der Waals surface area contributed by atoms with E-state index >= 15 is 0 Å². The highest BCUT2D eigenvalue weighted by Crippen LogP contribution is 2.27. The molecule has 4 heteroatoms. The molecule has 18 heavy (non-hydrogen) atoms. The Labute approximate surface area is 110 Å². The van der Waals surface area contributed by atoms with E-state index in [0.717, 1.165) is 25.9 Å². The molecule has 0 spiro atoms. The Morgan fingerprint density at radius 2 is 2.00 bits per heavy atom. The maximum absolute atomic E-state index is 12.1. The summed E-state index contributed by atoms with van der Waals surface area (Å²) in [6, 6.07) is 0. The van der Waals surface area contributed by atoms with Gasteiger partial charge in [-0.3, -0.25) is 4.79 Å². The van der Waals surface area contributed by atoms with Crippen molar-refractivity contribution < 1.29 is 9.53 Å². The Balaban J connectivity index is 1.61. The second-order valence-electron chi connectivity index (χ2n) is 5.84. The second kappa shape index (κ2) is 6.53. The van der Waals surface area contributed by atoms with Crippen LogP contribution in [-0.2, 0) is 9.53 Å². The molecule has 0 radical (unpaired) electrons. The molecule has 1 aliphatic carbocycles. The van der Waals surface area contributed by atoms with Crippen LogP contribution >= 0.6 is 0 Å². The fourth-order valence-electron chi connectivity index (χ4n) is 2.86. The van der Waals surface area contributed by atoms with Crippen LogP contribution in [0.5, 0.6) is 0 Å². The third-order valence-corrected chi connectivity index (χ3v) is 4.30. The summed E-state index contributed by atoms with van der Waals surface area (Å²) in [7, 11) is 0. The summed E-state index contributed by atoms with van der Waals surface area (Å²) in [5.74, 6) is 0.194. The van der Waals surface area contributed by atoms with E-state index in [1.54, 1.807) is 0 Å². The van der Waals surface area contributed by atoms with Gasteiger partial charge in [0, 0.05) is 12.0 Å². The number of carbonyl (C=O) groups excluding carboxylic acids is 1. The molecular formula is C14H26N2O2. The molecule has 1 heterocycles. The normalized spacial score (nSPS) is 24.1. The number of piperidine rings is 1. The van der Waals surface area contributed by atoms with Crippen LogP contribution in [0.2, 0.25) is 0 Å². The molecule has 1 amide bonds. The van der Waals surface area contributed by atoms with Gasteiger partial charge in [-0.1, -0.05) is 19.8 Å². The van der Waals surface area contributed by atoms with Gasteiger partial charge < -0.3 is 15.4 Å². The Morgan fingerprint density at radius 1 is 1.33 bits per heavy atom. The lowest BCUT2D eigenvalue weighted by Crippen LogP contribution is -2.46. The van der Waals surface area contributed by atoms with Gasteiger partial charge in [0.05, 0.1) is 12.7 Å². The molecule has 1 saturated carbocycles. The van der Waals surface area contributed by atoms with Crippen LogP contribution < -0.4 is 10.6 Å². The molecule has 0 unspecified atom stereocenters. The van der Waals surface area contributed by atoms with Crippen molar-refractivity contribution in [2.45, 2.75) is 51.6 Å². The summed E-state index contributed by atoms with van der Waals surface area (Å²) in [6.07, 6.45) is 7.28. The first-order chi connectivity index (χ1) is 8.71. The molecule has 0 atom stereocenters. The maximum Gasteiger partial charge on any atom is 0.226 e. The predicted octanol–water partition coefficient (Wildman–Crippen LogP) is 1.45. The van der Waals surface area contributed by atoms with E-state index in [0.29, 0.717) is 19.3 Å². The van der Waals surface area contributed by atoms with E-state index in [4.69, 9.17) is 4.74 Å². The zero-order chi connectivity index (χ0) is 12.8. The van der Waals surface area contributed by atoms with E-state index in [1.165, 1.54) is 25.7 Å². The van der Waals surface area contributed by atoms with Crippen LogP contribution in [0, 0.1) is 5.41 Å². The summed E-state index contributed by atoms with van der Waals surface area (Å²) in [5, 5.41) is 6.32. The van der Waals surface area contributed by atoms with Crippen molar-refractivity contribution >= 4 is 5.91 Å². The van der Waals surface area contributed by atoms with E-state index < -0.39 is 0 Å². The number of rotatable bonds is 5. The van der Waals surface area contributed by atoms with Crippen LogP contribution in [0.25, 0.3) is 0 Å². The highest BCUT2D eigenvalue weighted by molar-refractivity contribution is 5.82. The van der Waals surface area contributed by atoms with Crippen molar-refractivity contribution in [3.8, 4) is 0 Å². The van der Waals surface area contributed by atoms with Crippen LogP contribution in [0.1, 0.15) is 45.4 Å². The predicted molar refractivity (Wildman–Crippen MR) is 71.4 cm³/mol. The number of carbonyl (C=O) groups is 1. The minimum Gasteiger partial charge on any atom is -0.376 e. The summed E-state index contributed by atoms with van der Waals surface area (Å²) in [6.45, 7) is 5.27. The van der Waals surface area contributed by atoms with Gasteiger partial charge >= 0.3 is 0 Å². The molecule has 2 fully saturated rings. The summed E-state index contributed by atoms with van der Waals surface area (Å²) in [5.41, 5.74) is -0.182. The van der Waals surface area contributed by atoms with Gasteiger partial charge in [-0.05, 0) is 38.8 Å². The lowest BCUT2D eigenvalue weighted by atomic mass is 9.80. The van der Waals surface area contributed by atoms with E-state index in [1.807, 2.05) is 0 Å². The lowest BCUT2D eigenvalue weighted by Gasteiger charge is -2.32. The Kier molecular flexibility index (Phi) is 5.01. The third-order valence-electron chi connectivity index (χ3n) is 4.30. The molecule has 104 valence electrons. The zero-order valence-electron chi connectivity index (χ0n) is 11.5. The van der Waals surface area contributed by atoms with Crippen LogP contribution in [-0.4, -0.2) is 38.3 Å². The Hall–Kier alpha value is -0.610. The van der Waals surface area contributed by atoms with Gasteiger partial charge in [-0.2, -0.15) is 0 Å². The molecular weight excluding hydrogens is 228 g/mol. The minimum atomic E-state index is -0.182. The summed E-state index contributed by atoms with van der Waals surface area (Å²) < 4.78 is 5.75. The topological polar surface area (TPSA) is 50.4 Å². The van der Waals surface area contributed by atoms with Gasteiger partial charge in [-0.25, -0.2) is 0 Å². The molecule has 4 nitrogen and oxygen atoms in total. The molecule has 0 aromatic rings. The highest BCUT2D eigenvalue weighted by atomic mass is 16.5. The molecule has 0 aromatic heterocycles. The van der Waals surface area contributed by atoms with Gasteiger partial charge in [0.1, 0.15) is 0 Å².